The second-order valence-corrected chi connectivity index (χ2v) is 7.31. The van der Waals surface area contributed by atoms with Crippen LogP contribution in [-0.4, -0.2) is 32.7 Å². The second kappa shape index (κ2) is 9.06. The van der Waals surface area contributed by atoms with Crippen molar-refractivity contribution < 1.29 is 27.9 Å². The highest BCUT2D eigenvalue weighted by atomic mass is 19.1. The van der Waals surface area contributed by atoms with Gasteiger partial charge in [0.1, 0.15) is 23.6 Å². The molecule has 4 rings (SSSR count). The molecule has 0 fully saturated rings. The number of benzene rings is 2. The smallest absolute Gasteiger partial charge is 0.247 e. The molecule has 1 atom stereocenters. The topological polar surface area (TPSA) is 129 Å². The molecule has 0 aliphatic carbocycles. The molecule has 2 heterocycles. The minimum absolute atomic E-state index is 0.00718. The number of aldehydes is 1. The lowest BCUT2D eigenvalue weighted by molar-refractivity contribution is -0.127. The summed E-state index contributed by atoms with van der Waals surface area (Å²) in [5.74, 6) is -4.93. The fourth-order valence-corrected chi connectivity index (χ4v) is 3.42. The molecule has 0 radical (unpaired) electrons. The lowest BCUT2D eigenvalue weighted by Gasteiger charge is -2.15. The number of aryl methyl sites for hydroxylation is 1. The first-order valence-electron chi connectivity index (χ1n) is 9.89. The van der Waals surface area contributed by atoms with Gasteiger partial charge in [0, 0.05) is 17.4 Å². The van der Waals surface area contributed by atoms with Crippen LogP contribution in [0.4, 0.5) is 14.5 Å². The van der Waals surface area contributed by atoms with Gasteiger partial charge < -0.3 is 15.8 Å². The second-order valence-electron chi connectivity index (χ2n) is 7.31. The van der Waals surface area contributed by atoms with E-state index in [1.54, 1.807) is 6.92 Å². The highest BCUT2D eigenvalue weighted by Gasteiger charge is 2.28. The molecule has 0 saturated heterocycles. The van der Waals surface area contributed by atoms with Crippen LogP contribution in [-0.2, 0) is 9.59 Å². The standard InChI is InChI=1S/C23H17F2N5O4/c1-12-14(10-31)9-30-20(12)23(27-11-28-30)34-18-7-2-13(8-17(18)25)19(21(26)32)22(33)29-16-5-3-15(24)4-6-16/h2-11,19H,1H3,(H2,26,32)(H,29,33). The first-order valence-corrected chi connectivity index (χ1v) is 9.89. The average Bonchev–Trinajstić information content (AvgIpc) is 3.13. The zero-order chi connectivity index (χ0) is 24.4. The van der Waals surface area contributed by atoms with Gasteiger partial charge in [0.25, 0.3) is 0 Å². The first-order chi connectivity index (χ1) is 16.3. The molecule has 2 amide bonds. The number of halogens is 2. The number of rotatable bonds is 7. The molecule has 0 aliphatic rings. The number of aromatic nitrogens is 3. The molecule has 2 aromatic carbocycles. The lowest BCUT2D eigenvalue weighted by atomic mass is 9.97. The Kier molecular flexibility index (Phi) is 6.00. The van der Waals surface area contributed by atoms with Gasteiger partial charge in [-0.05, 0) is 54.4 Å². The zero-order valence-electron chi connectivity index (χ0n) is 17.7. The summed E-state index contributed by atoms with van der Waals surface area (Å²) in [6, 6.07) is 8.39. The molecule has 172 valence electrons. The predicted molar refractivity (Wildman–Crippen MR) is 117 cm³/mol. The summed E-state index contributed by atoms with van der Waals surface area (Å²) in [6.07, 6.45) is 3.33. The number of hydrogen-bond donors (Lipinski definition) is 2. The van der Waals surface area contributed by atoms with Gasteiger partial charge in [-0.2, -0.15) is 10.1 Å². The number of hydrogen-bond acceptors (Lipinski definition) is 6. The van der Waals surface area contributed by atoms with Gasteiger partial charge in [0.2, 0.25) is 17.7 Å². The van der Waals surface area contributed by atoms with E-state index in [4.69, 9.17) is 10.5 Å². The number of fused-ring (bicyclic) bond motifs is 1. The highest BCUT2D eigenvalue weighted by Crippen LogP contribution is 2.31. The quantitative estimate of drug-likeness (QED) is 0.319. The maximum atomic E-state index is 14.9. The van der Waals surface area contributed by atoms with Crippen LogP contribution in [0.2, 0.25) is 0 Å². The Morgan fingerprint density at radius 1 is 1.18 bits per heavy atom. The molecule has 0 aliphatic heterocycles. The van der Waals surface area contributed by atoms with Crippen LogP contribution in [0, 0.1) is 18.6 Å². The summed E-state index contributed by atoms with van der Waals surface area (Å²) in [7, 11) is 0. The van der Waals surface area contributed by atoms with Crippen LogP contribution in [0.5, 0.6) is 11.6 Å². The van der Waals surface area contributed by atoms with Crippen molar-refractivity contribution in [3.8, 4) is 11.6 Å². The Morgan fingerprint density at radius 2 is 1.91 bits per heavy atom. The SMILES string of the molecule is Cc1c(C=O)cn2ncnc(Oc3ccc(C(C(N)=O)C(=O)Nc4ccc(F)cc4)cc3F)c12. The van der Waals surface area contributed by atoms with Crippen molar-refractivity contribution in [1.82, 2.24) is 14.6 Å². The molecule has 3 N–H and O–H groups in total. The van der Waals surface area contributed by atoms with Crippen LogP contribution >= 0.6 is 0 Å². The Morgan fingerprint density at radius 3 is 2.56 bits per heavy atom. The van der Waals surface area contributed by atoms with Gasteiger partial charge in [-0.15, -0.1) is 0 Å². The molecule has 34 heavy (non-hydrogen) atoms. The fourth-order valence-electron chi connectivity index (χ4n) is 3.42. The van der Waals surface area contributed by atoms with Crippen molar-refractivity contribution in [2.45, 2.75) is 12.8 Å². The van der Waals surface area contributed by atoms with E-state index in [1.807, 2.05) is 0 Å². The molecule has 1 unspecified atom stereocenters. The van der Waals surface area contributed by atoms with E-state index in [1.165, 1.54) is 41.3 Å². The number of primary amides is 1. The third-order valence-electron chi connectivity index (χ3n) is 5.11. The van der Waals surface area contributed by atoms with Gasteiger partial charge >= 0.3 is 0 Å². The summed E-state index contributed by atoms with van der Waals surface area (Å²) in [6.45, 7) is 1.67. The minimum Gasteiger partial charge on any atom is -0.434 e. The number of amides is 2. The van der Waals surface area contributed by atoms with Crippen molar-refractivity contribution in [3.05, 3.63) is 83.3 Å². The molecular weight excluding hydrogens is 448 g/mol. The molecule has 9 nitrogen and oxygen atoms in total. The van der Waals surface area contributed by atoms with Crippen LogP contribution < -0.4 is 15.8 Å². The Balaban J connectivity index is 1.62. The number of ether oxygens (including phenoxy) is 1. The van der Waals surface area contributed by atoms with E-state index in [2.05, 4.69) is 15.4 Å². The number of carbonyl (C=O) groups excluding carboxylic acids is 3. The fraction of sp³-hybridized carbons (Fsp3) is 0.0870. The number of nitrogens with zero attached hydrogens (tertiary/aromatic N) is 3. The van der Waals surface area contributed by atoms with E-state index in [0.717, 1.165) is 18.2 Å². The average molecular weight is 465 g/mol. The summed E-state index contributed by atoms with van der Waals surface area (Å²) in [4.78, 5) is 39.9. The molecule has 4 aromatic rings. The first kappa shape index (κ1) is 22.5. The monoisotopic (exact) mass is 465 g/mol. The van der Waals surface area contributed by atoms with Gasteiger partial charge in [-0.25, -0.2) is 13.3 Å². The van der Waals surface area contributed by atoms with Gasteiger partial charge in [0.15, 0.2) is 17.9 Å². The summed E-state index contributed by atoms with van der Waals surface area (Å²) >= 11 is 0. The summed E-state index contributed by atoms with van der Waals surface area (Å²) in [5.41, 5.74) is 6.92. The highest BCUT2D eigenvalue weighted by molar-refractivity contribution is 6.10. The number of nitrogens with one attached hydrogen (secondary N) is 1. The van der Waals surface area contributed by atoms with Crippen LogP contribution in [0.3, 0.4) is 0 Å². The maximum absolute atomic E-state index is 14.9. The third-order valence-corrected chi connectivity index (χ3v) is 5.11. The Labute approximate surface area is 191 Å². The Hall–Kier alpha value is -4.67. The van der Waals surface area contributed by atoms with E-state index in [0.29, 0.717) is 22.9 Å². The summed E-state index contributed by atoms with van der Waals surface area (Å²) in [5, 5.41) is 6.46. The van der Waals surface area contributed by atoms with Crippen molar-refractivity contribution in [2.24, 2.45) is 5.73 Å². The van der Waals surface area contributed by atoms with Crippen molar-refractivity contribution in [3.63, 3.8) is 0 Å². The van der Waals surface area contributed by atoms with E-state index < -0.39 is 29.4 Å². The van der Waals surface area contributed by atoms with Crippen molar-refractivity contribution in [2.75, 3.05) is 5.32 Å². The Bertz CT molecular complexity index is 1420. The maximum Gasteiger partial charge on any atom is 0.247 e. The van der Waals surface area contributed by atoms with E-state index in [9.17, 15) is 23.2 Å². The van der Waals surface area contributed by atoms with Gasteiger partial charge in [-0.1, -0.05) is 6.07 Å². The molecule has 0 saturated carbocycles. The number of anilines is 1. The van der Waals surface area contributed by atoms with Gasteiger partial charge in [-0.3, -0.25) is 14.4 Å². The lowest BCUT2D eigenvalue weighted by Crippen LogP contribution is -2.32. The zero-order valence-corrected chi connectivity index (χ0v) is 17.7. The van der Waals surface area contributed by atoms with Crippen molar-refractivity contribution >= 4 is 29.3 Å². The minimum atomic E-state index is -1.51. The number of nitrogens with two attached hydrogens (primary N) is 1. The molecule has 0 spiro atoms. The van der Waals surface area contributed by atoms with E-state index >= 15 is 0 Å². The van der Waals surface area contributed by atoms with E-state index in [-0.39, 0.29) is 22.9 Å². The largest absolute Gasteiger partial charge is 0.434 e. The number of carbonyl (C=O) groups is 3. The third kappa shape index (κ3) is 4.31. The normalized spacial score (nSPS) is 11.7. The summed E-state index contributed by atoms with van der Waals surface area (Å²) < 4.78 is 35.0. The molecule has 0 bridgehead atoms. The van der Waals surface area contributed by atoms with Gasteiger partial charge in [0.05, 0.1) is 0 Å². The van der Waals surface area contributed by atoms with Crippen LogP contribution in [0.15, 0.2) is 55.0 Å². The molecular formula is C23H17F2N5O4. The van der Waals surface area contributed by atoms with Crippen LogP contribution in [0.25, 0.3) is 5.52 Å². The van der Waals surface area contributed by atoms with Crippen molar-refractivity contribution in [1.29, 1.82) is 0 Å². The molecule has 11 heteroatoms. The predicted octanol–water partition coefficient (Wildman–Crippen LogP) is 3.13. The van der Waals surface area contributed by atoms with Crippen LogP contribution in [0.1, 0.15) is 27.4 Å². The molecule has 2 aromatic heterocycles.